The number of ether oxygens (including phenoxy) is 1. The first-order chi connectivity index (χ1) is 10.2. The standard InChI is InChI=1S/C16H18ClNO3/c1-20-9-7-18(11-14-6-8-21-12-14)16(19)10-13-2-4-15(17)5-3-13/h2-6,8,12H,7,9-11H2,1H3. The number of benzene rings is 1. The highest BCUT2D eigenvalue weighted by atomic mass is 35.5. The average molecular weight is 308 g/mol. The smallest absolute Gasteiger partial charge is 0.227 e. The largest absolute Gasteiger partial charge is 0.472 e. The summed E-state index contributed by atoms with van der Waals surface area (Å²) in [7, 11) is 1.62. The van der Waals surface area contributed by atoms with E-state index in [-0.39, 0.29) is 5.91 Å². The molecule has 0 aliphatic heterocycles. The van der Waals surface area contributed by atoms with E-state index < -0.39 is 0 Å². The summed E-state index contributed by atoms with van der Waals surface area (Å²) in [6, 6.07) is 9.17. The van der Waals surface area contributed by atoms with Crippen molar-refractivity contribution in [3.8, 4) is 0 Å². The second-order valence-electron chi connectivity index (χ2n) is 4.74. The predicted octanol–water partition coefficient (Wildman–Crippen LogP) is 3.15. The summed E-state index contributed by atoms with van der Waals surface area (Å²) in [5, 5.41) is 0.667. The van der Waals surface area contributed by atoms with Crippen molar-refractivity contribution in [3.05, 3.63) is 59.0 Å². The third-order valence-electron chi connectivity index (χ3n) is 3.14. The molecule has 0 saturated heterocycles. The van der Waals surface area contributed by atoms with Crippen LogP contribution in [-0.4, -0.2) is 31.1 Å². The van der Waals surface area contributed by atoms with Crippen LogP contribution in [0, 0.1) is 0 Å². The molecule has 0 N–H and O–H groups in total. The lowest BCUT2D eigenvalue weighted by molar-refractivity contribution is -0.131. The summed E-state index contributed by atoms with van der Waals surface area (Å²) in [4.78, 5) is 14.2. The lowest BCUT2D eigenvalue weighted by atomic mass is 10.1. The van der Waals surface area contributed by atoms with Crippen molar-refractivity contribution in [1.82, 2.24) is 4.90 Å². The van der Waals surface area contributed by atoms with Gasteiger partial charge in [-0.2, -0.15) is 0 Å². The van der Waals surface area contributed by atoms with E-state index in [4.69, 9.17) is 20.8 Å². The maximum atomic E-state index is 12.4. The lowest BCUT2D eigenvalue weighted by Crippen LogP contribution is -2.34. The highest BCUT2D eigenvalue weighted by Gasteiger charge is 2.15. The van der Waals surface area contributed by atoms with E-state index in [2.05, 4.69) is 0 Å². The zero-order valence-electron chi connectivity index (χ0n) is 11.9. The lowest BCUT2D eigenvalue weighted by Gasteiger charge is -2.22. The van der Waals surface area contributed by atoms with Gasteiger partial charge in [-0.1, -0.05) is 23.7 Å². The Labute approximate surface area is 129 Å². The average Bonchev–Trinajstić information content (AvgIpc) is 2.98. The molecule has 1 aromatic heterocycles. The van der Waals surface area contributed by atoms with Gasteiger partial charge in [0, 0.05) is 30.8 Å². The summed E-state index contributed by atoms with van der Waals surface area (Å²) in [5.41, 5.74) is 1.91. The monoisotopic (exact) mass is 307 g/mol. The van der Waals surface area contributed by atoms with Crippen LogP contribution in [0.5, 0.6) is 0 Å². The quantitative estimate of drug-likeness (QED) is 0.789. The second kappa shape index (κ2) is 7.86. The van der Waals surface area contributed by atoms with E-state index in [1.54, 1.807) is 36.7 Å². The number of carbonyl (C=O) groups excluding carboxylic acids is 1. The van der Waals surface area contributed by atoms with Crippen LogP contribution in [0.2, 0.25) is 5.02 Å². The van der Waals surface area contributed by atoms with Crippen LogP contribution in [0.3, 0.4) is 0 Å². The van der Waals surface area contributed by atoms with Crippen LogP contribution < -0.4 is 0 Å². The van der Waals surface area contributed by atoms with Gasteiger partial charge in [-0.25, -0.2) is 0 Å². The van der Waals surface area contributed by atoms with Gasteiger partial charge in [-0.15, -0.1) is 0 Å². The third kappa shape index (κ3) is 4.92. The first-order valence-corrected chi connectivity index (χ1v) is 7.09. The summed E-state index contributed by atoms with van der Waals surface area (Å²) < 4.78 is 10.1. The van der Waals surface area contributed by atoms with Gasteiger partial charge in [0.05, 0.1) is 25.6 Å². The minimum atomic E-state index is 0.0515. The number of halogens is 1. The van der Waals surface area contributed by atoms with E-state index in [1.807, 2.05) is 18.2 Å². The van der Waals surface area contributed by atoms with Crippen molar-refractivity contribution in [2.24, 2.45) is 0 Å². The molecule has 1 amide bonds. The zero-order chi connectivity index (χ0) is 15.1. The molecule has 1 aromatic carbocycles. The van der Waals surface area contributed by atoms with Crippen LogP contribution in [0.15, 0.2) is 47.3 Å². The van der Waals surface area contributed by atoms with Crippen molar-refractivity contribution >= 4 is 17.5 Å². The van der Waals surface area contributed by atoms with Gasteiger partial charge < -0.3 is 14.1 Å². The Morgan fingerprint density at radius 3 is 2.62 bits per heavy atom. The maximum Gasteiger partial charge on any atom is 0.227 e. The van der Waals surface area contributed by atoms with Crippen molar-refractivity contribution in [3.63, 3.8) is 0 Å². The third-order valence-corrected chi connectivity index (χ3v) is 3.39. The summed E-state index contributed by atoms with van der Waals surface area (Å²) in [6.07, 6.45) is 3.60. The highest BCUT2D eigenvalue weighted by molar-refractivity contribution is 6.30. The molecule has 5 heteroatoms. The fourth-order valence-corrected chi connectivity index (χ4v) is 2.11. The molecule has 0 unspecified atom stereocenters. The first kappa shape index (κ1) is 15.6. The Morgan fingerprint density at radius 1 is 1.24 bits per heavy atom. The Hall–Kier alpha value is -1.78. The van der Waals surface area contributed by atoms with E-state index in [9.17, 15) is 4.79 Å². The van der Waals surface area contributed by atoms with E-state index in [0.29, 0.717) is 31.1 Å². The summed E-state index contributed by atoms with van der Waals surface area (Å²) in [6.45, 7) is 1.57. The SMILES string of the molecule is COCCN(Cc1ccoc1)C(=O)Cc1ccc(Cl)cc1. The fraction of sp³-hybridized carbons (Fsp3) is 0.312. The zero-order valence-corrected chi connectivity index (χ0v) is 12.7. The molecule has 21 heavy (non-hydrogen) atoms. The van der Waals surface area contributed by atoms with Gasteiger partial charge in [0.25, 0.3) is 0 Å². The van der Waals surface area contributed by atoms with E-state index in [0.717, 1.165) is 11.1 Å². The number of furan rings is 1. The molecule has 4 nitrogen and oxygen atoms in total. The van der Waals surface area contributed by atoms with E-state index >= 15 is 0 Å². The number of carbonyl (C=O) groups is 1. The van der Waals surface area contributed by atoms with Gasteiger partial charge in [-0.3, -0.25) is 4.79 Å². The molecule has 2 aromatic rings. The minimum absolute atomic E-state index is 0.0515. The molecule has 0 saturated carbocycles. The van der Waals surface area contributed by atoms with Gasteiger partial charge in [0.2, 0.25) is 5.91 Å². The minimum Gasteiger partial charge on any atom is -0.472 e. The summed E-state index contributed by atoms with van der Waals surface area (Å²) in [5.74, 6) is 0.0515. The van der Waals surface area contributed by atoms with Crippen LogP contribution >= 0.6 is 11.6 Å². The molecule has 0 radical (unpaired) electrons. The molecule has 0 aliphatic carbocycles. The molecule has 2 rings (SSSR count). The summed E-state index contributed by atoms with van der Waals surface area (Å²) >= 11 is 5.85. The highest BCUT2D eigenvalue weighted by Crippen LogP contribution is 2.12. The van der Waals surface area contributed by atoms with Crippen molar-refractivity contribution in [1.29, 1.82) is 0 Å². The Bertz CT molecular complexity index is 551. The van der Waals surface area contributed by atoms with Crippen LogP contribution in [0.1, 0.15) is 11.1 Å². The Morgan fingerprint density at radius 2 is 2.00 bits per heavy atom. The molecule has 0 atom stereocenters. The number of hydrogen-bond donors (Lipinski definition) is 0. The number of rotatable bonds is 7. The molecular formula is C16H18ClNO3. The predicted molar refractivity (Wildman–Crippen MR) is 81.2 cm³/mol. The number of hydrogen-bond acceptors (Lipinski definition) is 3. The van der Waals surface area contributed by atoms with Crippen LogP contribution in [0.25, 0.3) is 0 Å². The fourth-order valence-electron chi connectivity index (χ4n) is 1.99. The van der Waals surface area contributed by atoms with Gasteiger partial charge in [-0.05, 0) is 23.8 Å². The first-order valence-electron chi connectivity index (χ1n) is 6.71. The molecule has 0 bridgehead atoms. The van der Waals surface area contributed by atoms with Gasteiger partial charge >= 0.3 is 0 Å². The molecular weight excluding hydrogens is 290 g/mol. The topological polar surface area (TPSA) is 42.7 Å². The Balaban J connectivity index is 2.00. The van der Waals surface area contributed by atoms with Crippen LogP contribution in [-0.2, 0) is 22.5 Å². The molecule has 0 aliphatic rings. The van der Waals surface area contributed by atoms with Crippen molar-refractivity contribution in [2.45, 2.75) is 13.0 Å². The normalized spacial score (nSPS) is 10.6. The maximum absolute atomic E-state index is 12.4. The molecule has 1 heterocycles. The van der Waals surface area contributed by atoms with E-state index in [1.165, 1.54) is 0 Å². The second-order valence-corrected chi connectivity index (χ2v) is 5.18. The molecule has 112 valence electrons. The van der Waals surface area contributed by atoms with Gasteiger partial charge in [0.15, 0.2) is 0 Å². The number of methoxy groups -OCH3 is 1. The van der Waals surface area contributed by atoms with Gasteiger partial charge in [0.1, 0.15) is 0 Å². The van der Waals surface area contributed by atoms with Crippen molar-refractivity contribution in [2.75, 3.05) is 20.3 Å². The number of nitrogens with zero attached hydrogens (tertiary/aromatic N) is 1. The molecule has 0 spiro atoms. The molecule has 0 fully saturated rings. The number of amides is 1. The van der Waals surface area contributed by atoms with Crippen molar-refractivity contribution < 1.29 is 13.9 Å². The Kier molecular flexibility index (Phi) is 5.84. The van der Waals surface area contributed by atoms with Crippen LogP contribution in [0.4, 0.5) is 0 Å².